The van der Waals surface area contributed by atoms with Crippen LogP contribution in [0.4, 0.5) is 9.59 Å². The van der Waals surface area contributed by atoms with E-state index < -0.39 is 29.8 Å². The Labute approximate surface area is 247 Å². The highest BCUT2D eigenvalue weighted by Gasteiger charge is 2.29. The van der Waals surface area contributed by atoms with E-state index in [0.717, 1.165) is 35.1 Å². The van der Waals surface area contributed by atoms with Gasteiger partial charge in [0.1, 0.15) is 18.2 Å². The van der Waals surface area contributed by atoms with Crippen molar-refractivity contribution in [3.63, 3.8) is 0 Å². The first-order valence-corrected chi connectivity index (χ1v) is 14.6. The van der Waals surface area contributed by atoms with Crippen molar-refractivity contribution in [3.05, 3.63) is 59.7 Å². The molecule has 4 N–H and O–H groups in total. The Bertz CT molecular complexity index is 1180. The van der Waals surface area contributed by atoms with Gasteiger partial charge in [-0.1, -0.05) is 55.0 Å². The van der Waals surface area contributed by atoms with Crippen molar-refractivity contribution >= 4 is 24.1 Å². The molecule has 1 aliphatic rings. The number of carboxylic acid groups (broad SMARTS) is 1. The van der Waals surface area contributed by atoms with Gasteiger partial charge in [0.05, 0.1) is 0 Å². The molecule has 0 spiro atoms. The maximum absolute atomic E-state index is 12.5. The number of benzene rings is 2. The third-order valence-corrected chi connectivity index (χ3v) is 6.92. The molecule has 3 amide bonds. The first-order chi connectivity index (χ1) is 20.0. The fourth-order valence-corrected chi connectivity index (χ4v) is 4.92. The van der Waals surface area contributed by atoms with E-state index in [1.54, 1.807) is 20.8 Å². The number of rotatable bonds is 15. The summed E-state index contributed by atoms with van der Waals surface area (Å²) in [5.74, 6) is -1.31. The molecule has 0 saturated heterocycles. The van der Waals surface area contributed by atoms with Crippen LogP contribution in [0.5, 0.6) is 0 Å². The summed E-state index contributed by atoms with van der Waals surface area (Å²) in [4.78, 5) is 47.9. The lowest BCUT2D eigenvalue weighted by Gasteiger charge is -2.19. The number of alkyl carbamates (subject to hydrolysis) is 2. The normalized spacial score (nSPS) is 12.9. The third-order valence-electron chi connectivity index (χ3n) is 6.92. The minimum Gasteiger partial charge on any atom is -0.480 e. The molecule has 0 heterocycles. The summed E-state index contributed by atoms with van der Waals surface area (Å²) in [6, 6.07) is 14.9. The average Bonchev–Trinajstić information content (AvgIpc) is 3.25. The Morgan fingerprint density at radius 2 is 1.40 bits per heavy atom. The highest BCUT2D eigenvalue weighted by Crippen LogP contribution is 2.44. The van der Waals surface area contributed by atoms with Gasteiger partial charge in [-0.25, -0.2) is 14.4 Å². The molecule has 1 unspecified atom stereocenters. The quantitative estimate of drug-likeness (QED) is 0.208. The Balaban J connectivity index is 1.28. The maximum Gasteiger partial charge on any atom is 0.407 e. The highest BCUT2D eigenvalue weighted by atomic mass is 16.6. The molecule has 1 aliphatic carbocycles. The van der Waals surface area contributed by atoms with E-state index in [-0.39, 0.29) is 24.9 Å². The number of aliphatic carboxylic acids is 1. The third kappa shape index (κ3) is 10.4. The van der Waals surface area contributed by atoms with E-state index in [2.05, 4.69) is 16.0 Å². The first kappa shape index (κ1) is 32.4. The second-order valence-electron chi connectivity index (χ2n) is 11.4. The van der Waals surface area contributed by atoms with Gasteiger partial charge >= 0.3 is 18.2 Å². The monoisotopic (exact) mass is 581 g/mol. The molecule has 0 fully saturated rings. The molecule has 1 atom stereocenters. The Morgan fingerprint density at radius 1 is 0.810 bits per heavy atom. The molecule has 0 radical (unpaired) electrons. The number of nitrogens with one attached hydrogen (secondary N) is 3. The molecule has 2 aromatic carbocycles. The van der Waals surface area contributed by atoms with Crippen molar-refractivity contribution in [1.82, 2.24) is 16.0 Å². The Kier molecular flexibility index (Phi) is 12.2. The molecule has 42 heavy (non-hydrogen) atoms. The van der Waals surface area contributed by atoms with Crippen LogP contribution in [0, 0.1) is 0 Å². The second kappa shape index (κ2) is 15.8. The van der Waals surface area contributed by atoms with Crippen LogP contribution in [0.25, 0.3) is 11.1 Å². The number of amides is 3. The van der Waals surface area contributed by atoms with Crippen LogP contribution in [0.2, 0.25) is 0 Å². The van der Waals surface area contributed by atoms with Gasteiger partial charge in [-0.2, -0.15) is 0 Å². The molecule has 228 valence electrons. The first-order valence-electron chi connectivity index (χ1n) is 14.6. The average molecular weight is 582 g/mol. The van der Waals surface area contributed by atoms with E-state index in [1.807, 2.05) is 48.5 Å². The van der Waals surface area contributed by atoms with Crippen LogP contribution >= 0.6 is 0 Å². The topological polar surface area (TPSA) is 143 Å². The van der Waals surface area contributed by atoms with Crippen molar-refractivity contribution in [1.29, 1.82) is 0 Å². The number of carboxylic acids is 1. The number of hydrogen-bond acceptors (Lipinski definition) is 6. The van der Waals surface area contributed by atoms with Crippen molar-refractivity contribution in [2.75, 3.05) is 19.7 Å². The van der Waals surface area contributed by atoms with Gasteiger partial charge in [0.25, 0.3) is 0 Å². The second-order valence-corrected chi connectivity index (χ2v) is 11.4. The molecule has 10 heteroatoms. The van der Waals surface area contributed by atoms with E-state index in [1.165, 1.54) is 0 Å². The van der Waals surface area contributed by atoms with Crippen LogP contribution in [-0.2, 0) is 19.1 Å². The summed E-state index contributed by atoms with van der Waals surface area (Å²) in [5, 5.41) is 17.6. The lowest BCUT2D eigenvalue weighted by Crippen LogP contribution is -2.41. The molecular formula is C32H43N3O7. The van der Waals surface area contributed by atoms with Crippen molar-refractivity contribution in [2.45, 2.75) is 83.3 Å². The summed E-state index contributed by atoms with van der Waals surface area (Å²) < 4.78 is 10.6. The van der Waals surface area contributed by atoms with Gasteiger partial charge < -0.3 is 30.5 Å². The smallest absolute Gasteiger partial charge is 0.407 e. The number of ether oxygens (including phenoxy) is 2. The van der Waals surface area contributed by atoms with Crippen LogP contribution in [0.1, 0.15) is 82.8 Å². The zero-order valence-corrected chi connectivity index (χ0v) is 24.7. The zero-order valence-electron chi connectivity index (χ0n) is 24.7. The molecule has 0 bridgehead atoms. The Hall–Kier alpha value is -4.08. The predicted molar refractivity (Wildman–Crippen MR) is 159 cm³/mol. The number of fused-ring (bicyclic) bond motifs is 3. The Morgan fingerprint density at radius 3 is 2.02 bits per heavy atom. The van der Waals surface area contributed by atoms with Gasteiger partial charge in [-0.3, -0.25) is 4.79 Å². The fraction of sp³-hybridized carbons (Fsp3) is 0.500. The van der Waals surface area contributed by atoms with Crippen LogP contribution in [0.3, 0.4) is 0 Å². The van der Waals surface area contributed by atoms with Crippen LogP contribution in [0.15, 0.2) is 48.5 Å². The maximum atomic E-state index is 12.5. The van der Waals surface area contributed by atoms with Gasteiger partial charge in [0.15, 0.2) is 0 Å². The highest BCUT2D eigenvalue weighted by molar-refractivity contribution is 5.81. The molecule has 0 saturated carbocycles. The van der Waals surface area contributed by atoms with E-state index >= 15 is 0 Å². The predicted octanol–water partition coefficient (Wildman–Crippen LogP) is 5.35. The van der Waals surface area contributed by atoms with Gasteiger partial charge in [-0.05, 0) is 75.1 Å². The lowest BCUT2D eigenvalue weighted by molar-refractivity contribution is -0.139. The standard InChI is InChI=1S/C32H43N3O7/c1-32(2,3)42-30(39)34-20-11-4-5-18-28(36)33-19-12-10-17-27(29(37)38)35-31(40)41-21-26-24-15-8-6-13-22(24)23-14-7-9-16-25(23)26/h6-9,13-16,26-27H,4-5,10-12,17-21H2,1-3H3,(H,33,36)(H,34,39)(H,35,40)(H,37,38). The summed E-state index contributed by atoms with van der Waals surface area (Å²) in [5.41, 5.74) is 3.86. The van der Waals surface area contributed by atoms with Crippen molar-refractivity contribution in [2.24, 2.45) is 0 Å². The molecule has 0 aromatic heterocycles. The number of carbonyl (C=O) groups is 4. The van der Waals surface area contributed by atoms with Gasteiger partial charge in [-0.15, -0.1) is 0 Å². The lowest BCUT2D eigenvalue weighted by atomic mass is 9.98. The summed E-state index contributed by atoms with van der Waals surface area (Å²) in [6.07, 6.45) is 2.74. The SMILES string of the molecule is CC(C)(C)OC(=O)NCCCCCC(=O)NCCCCC(NC(=O)OCC1c2ccccc2-c2ccccc21)C(=O)O. The minimum atomic E-state index is -1.13. The van der Waals surface area contributed by atoms with Crippen LogP contribution < -0.4 is 16.0 Å². The summed E-state index contributed by atoms with van der Waals surface area (Å²) in [6.45, 7) is 6.44. The number of unbranched alkanes of at least 4 members (excludes halogenated alkanes) is 3. The molecule has 3 rings (SSSR count). The summed E-state index contributed by atoms with van der Waals surface area (Å²) >= 11 is 0. The van der Waals surface area contributed by atoms with E-state index in [0.29, 0.717) is 38.8 Å². The summed E-state index contributed by atoms with van der Waals surface area (Å²) in [7, 11) is 0. The number of carbonyl (C=O) groups excluding carboxylic acids is 3. The van der Waals surface area contributed by atoms with Gasteiger partial charge in [0.2, 0.25) is 5.91 Å². The molecular weight excluding hydrogens is 538 g/mol. The molecule has 2 aromatic rings. The molecule has 10 nitrogen and oxygen atoms in total. The minimum absolute atomic E-state index is 0.0679. The van der Waals surface area contributed by atoms with Gasteiger partial charge in [0, 0.05) is 25.4 Å². The van der Waals surface area contributed by atoms with E-state index in [4.69, 9.17) is 9.47 Å². The van der Waals surface area contributed by atoms with Crippen molar-refractivity contribution < 1.29 is 33.8 Å². The van der Waals surface area contributed by atoms with E-state index in [9.17, 15) is 24.3 Å². The largest absolute Gasteiger partial charge is 0.480 e. The van der Waals surface area contributed by atoms with Crippen molar-refractivity contribution in [3.8, 4) is 11.1 Å². The molecule has 0 aliphatic heterocycles. The number of hydrogen-bond donors (Lipinski definition) is 4. The zero-order chi connectivity index (χ0) is 30.5. The van der Waals surface area contributed by atoms with Crippen LogP contribution in [-0.4, -0.2) is 60.5 Å². The fourth-order valence-electron chi connectivity index (χ4n) is 4.92.